The van der Waals surface area contributed by atoms with Crippen LogP contribution in [0.2, 0.25) is 0 Å². The number of rotatable bonds is 5. The van der Waals surface area contributed by atoms with Crippen molar-refractivity contribution in [3.8, 4) is 0 Å². The Morgan fingerprint density at radius 1 is 1.17 bits per heavy atom. The van der Waals surface area contributed by atoms with Crippen molar-refractivity contribution in [2.75, 3.05) is 5.32 Å². The summed E-state index contributed by atoms with van der Waals surface area (Å²) in [5.74, 6) is -1.75. The number of nitrogens with zero attached hydrogens (tertiary/aromatic N) is 2. The van der Waals surface area contributed by atoms with Crippen molar-refractivity contribution in [2.45, 2.75) is 24.2 Å². The minimum atomic E-state index is -4.08. The van der Waals surface area contributed by atoms with Crippen LogP contribution in [0.4, 0.5) is 9.52 Å². The zero-order valence-corrected chi connectivity index (χ0v) is 17.1. The summed E-state index contributed by atoms with van der Waals surface area (Å²) >= 11 is 1.13. The number of aromatic nitrogens is 2. The number of sulfonamides is 1. The van der Waals surface area contributed by atoms with E-state index < -0.39 is 32.7 Å². The molecule has 29 heavy (non-hydrogen) atoms. The van der Waals surface area contributed by atoms with E-state index in [1.807, 2.05) is 26.0 Å². The Morgan fingerprint density at radius 2 is 1.83 bits per heavy atom. The number of primary sulfonamides is 1. The minimum Gasteiger partial charge on any atom is -0.296 e. The van der Waals surface area contributed by atoms with Crippen LogP contribution in [0, 0.1) is 5.82 Å². The Hall–Kier alpha value is -2.63. The van der Waals surface area contributed by atoms with Crippen molar-refractivity contribution in [3.63, 3.8) is 0 Å². The van der Waals surface area contributed by atoms with Gasteiger partial charge in [-0.05, 0) is 37.6 Å². The fourth-order valence-corrected chi connectivity index (χ4v) is 3.97. The summed E-state index contributed by atoms with van der Waals surface area (Å²) in [6.45, 7) is 3.89. The molecule has 0 unspecified atom stereocenters. The van der Waals surface area contributed by atoms with E-state index in [4.69, 9.17) is 13.0 Å². The molecular formula is C18H16BFN4O3S2. The molecule has 2 aromatic carbocycles. The Morgan fingerprint density at radius 3 is 2.45 bits per heavy atom. The van der Waals surface area contributed by atoms with Gasteiger partial charge in [0.05, 0.1) is 10.5 Å². The van der Waals surface area contributed by atoms with Gasteiger partial charge in [0.25, 0.3) is 5.91 Å². The second-order valence-corrected chi connectivity index (χ2v) is 9.34. The monoisotopic (exact) mass is 430 g/mol. The molecule has 0 saturated carbocycles. The molecule has 0 spiro atoms. The van der Waals surface area contributed by atoms with Crippen LogP contribution in [0.15, 0.2) is 47.4 Å². The van der Waals surface area contributed by atoms with Crippen LogP contribution in [0.3, 0.4) is 0 Å². The van der Waals surface area contributed by atoms with E-state index in [0.29, 0.717) is 10.5 Å². The van der Waals surface area contributed by atoms with Crippen molar-refractivity contribution in [1.82, 2.24) is 10.2 Å². The van der Waals surface area contributed by atoms with E-state index in [2.05, 4.69) is 15.5 Å². The Balaban J connectivity index is 1.85. The van der Waals surface area contributed by atoms with E-state index >= 15 is 0 Å². The second kappa shape index (κ2) is 7.66. The molecule has 0 aliphatic heterocycles. The summed E-state index contributed by atoms with van der Waals surface area (Å²) in [7, 11) is 1.65. The topological polar surface area (TPSA) is 115 Å². The highest BCUT2D eigenvalue weighted by Crippen LogP contribution is 2.34. The molecule has 0 fully saturated rings. The van der Waals surface area contributed by atoms with Crippen LogP contribution in [0.5, 0.6) is 0 Å². The van der Waals surface area contributed by atoms with Gasteiger partial charge in [-0.25, -0.2) is 17.9 Å². The van der Waals surface area contributed by atoms with E-state index in [0.717, 1.165) is 35.1 Å². The molecular weight excluding hydrogens is 414 g/mol. The summed E-state index contributed by atoms with van der Waals surface area (Å²) in [6.07, 6.45) is 0. The Kier molecular flexibility index (Phi) is 5.57. The quantitative estimate of drug-likeness (QED) is 0.598. The van der Waals surface area contributed by atoms with Gasteiger partial charge in [0.1, 0.15) is 18.7 Å². The molecule has 0 aliphatic rings. The lowest BCUT2D eigenvalue weighted by Crippen LogP contribution is -2.19. The van der Waals surface area contributed by atoms with E-state index in [1.54, 1.807) is 12.1 Å². The summed E-state index contributed by atoms with van der Waals surface area (Å²) in [5, 5.41) is 16.3. The third-order valence-electron chi connectivity index (χ3n) is 4.32. The first-order chi connectivity index (χ1) is 13.5. The van der Waals surface area contributed by atoms with Crippen LogP contribution in [0.25, 0.3) is 0 Å². The van der Waals surface area contributed by atoms with Gasteiger partial charge in [-0.1, -0.05) is 41.1 Å². The third kappa shape index (κ3) is 4.52. The van der Waals surface area contributed by atoms with Gasteiger partial charge in [-0.2, -0.15) is 0 Å². The number of benzene rings is 2. The summed E-state index contributed by atoms with van der Waals surface area (Å²) < 4.78 is 36.9. The van der Waals surface area contributed by atoms with Crippen molar-refractivity contribution >= 4 is 45.7 Å². The smallest absolute Gasteiger partial charge is 0.260 e. The average Bonchev–Trinajstić information content (AvgIpc) is 3.10. The predicted octanol–water partition coefficient (Wildman–Crippen LogP) is 1.70. The first-order valence-electron chi connectivity index (χ1n) is 8.32. The largest absolute Gasteiger partial charge is 0.296 e. The predicted molar refractivity (Wildman–Crippen MR) is 110 cm³/mol. The highest BCUT2D eigenvalue weighted by Gasteiger charge is 2.28. The fourth-order valence-electron chi connectivity index (χ4n) is 2.57. The summed E-state index contributed by atoms with van der Waals surface area (Å²) in [5.41, 5.74) is 0.616. The van der Waals surface area contributed by atoms with Crippen LogP contribution in [0.1, 0.15) is 34.8 Å². The molecule has 1 aromatic heterocycles. The lowest BCUT2D eigenvalue weighted by molar-refractivity contribution is 0.102. The van der Waals surface area contributed by atoms with Crippen LogP contribution in [-0.4, -0.2) is 32.4 Å². The average molecular weight is 430 g/mol. The highest BCUT2D eigenvalue weighted by atomic mass is 32.2. The number of carbonyl (C=O) groups excluding carboxylic acids is 1. The van der Waals surface area contributed by atoms with E-state index in [1.165, 1.54) is 0 Å². The number of carbonyl (C=O) groups is 1. The molecule has 2 radical (unpaired) electrons. The highest BCUT2D eigenvalue weighted by molar-refractivity contribution is 7.89. The van der Waals surface area contributed by atoms with Gasteiger partial charge in [0, 0.05) is 5.41 Å². The molecule has 11 heteroatoms. The normalized spacial score (nSPS) is 12.0. The maximum Gasteiger partial charge on any atom is 0.260 e. The fraction of sp³-hybridized carbons (Fsp3) is 0.167. The molecule has 0 aliphatic carbocycles. The molecule has 148 valence electrons. The first kappa shape index (κ1) is 21.1. The standard InChI is InChI=1S/C18H16BFN4O3S2/c1-18(2,10-3-5-11(19)6-4-10)16-23-24-17(28-16)22-15(25)13-9-12(29(21,26)27)7-8-14(13)20/h3-9H,1-2H3,(H2,21,26,27)(H,22,24,25). The van der Waals surface area contributed by atoms with Gasteiger partial charge in [-0.15, -0.1) is 10.2 Å². The van der Waals surface area contributed by atoms with Crippen molar-refractivity contribution in [1.29, 1.82) is 0 Å². The van der Waals surface area contributed by atoms with Crippen molar-refractivity contribution < 1.29 is 17.6 Å². The Labute approximate surface area is 172 Å². The zero-order chi connectivity index (χ0) is 21.4. The van der Waals surface area contributed by atoms with Crippen molar-refractivity contribution in [2.24, 2.45) is 5.14 Å². The van der Waals surface area contributed by atoms with Crippen LogP contribution in [-0.2, 0) is 15.4 Å². The first-order valence-corrected chi connectivity index (χ1v) is 10.7. The molecule has 0 atom stereocenters. The lowest BCUT2D eigenvalue weighted by atomic mass is 9.83. The second-order valence-electron chi connectivity index (χ2n) is 6.80. The number of hydrogen-bond donors (Lipinski definition) is 2. The molecule has 0 saturated heterocycles. The molecule has 7 nitrogen and oxygen atoms in total. The van der Waals surface area contributed by atoms with Gasteiger partial charge in [0.15, 0.2) is 0 Å². The Bertz CT molecular complexity index is 1180. The lowest BCUT2D eigenvalue weighted by Gasteiger charge is -2.22. The minimum absolute atomic E-state index is 0.147. The number of nitrogens with one attached hydrogen (secondary N) is 1. The van der Waals surface area contributed by atoms with Gasteiger partial charge in [-0.3, -0.25) is 10.1 Å². The van der Waals surface area contributed by atoms with Crippen molar-refractivity contribution in [3.05, 3.63) is 64.4 Å². The number of amides is 1. The number of nitrogens with two attached hydrogens (primary N) is 1. The van der Waals surface area contributed by atoms with Crippen LogP contribution < -0.4 is 15.9 Å². The van der Waals surface area contributed by atoms with Gasteiger partial charge < -0.3 is 0 Å². The zero-order valence-electron chi connectivity index (χ0n) is 15.5. The molecule has 3 N–H and O–H groups in total. The van der Waals surface area contributed by atoms with E-state index in [9.17, 15) is 17.6 Å². The SMILES string of the molecule is [B]c1ccc(C(C)(C)c2nnc(NC(=O)c3cc(S(N)(=O)=O)ccc3F)s2)cc1. The van der Waals surface area contributed by atoms with E-state index in [-0.39, 0.29) is 10.0 Å². The number of hydrogen-bond acceptors (Lipinski definition) is 6. The summed E-state index contributed by atoms with van der Waals surface area (Å²) in [6, 6.07) is 10.0. The summed E-state index contributed by atoms with van der Waals surface area (Å²) in [4.78, 5) is 12.0. The van der Waals surface area contributed by atoms with Crippen LogP contribution >= 0.6 is 11.3 Å². The maximum absolute atomic E-state index is 14.0. The van der Waals surface area contributed by atoms with Gasteiger partial charge in [0.2, 0.25) is 15.2 Å². The maximum atomic E-state index is 14.0. The molecule has 1 amide bonds. The molecule has 0 bridgehead atoms. The molecule has 3 rings (SSSR count). The van der Waals surface area contributed by atoms with Gasteiger partial charge >= 0.3 is 0 Å². The number of anilines is 1. The third-order valence-corrected chi connectivity index (χ3v) is 6.40. The molecule has 1 heterocycles. The number of halogens is 1. The molecule has 3 aromatic rings.